The van der Waals surface area contributed by atoms with Gasteiger partial charge in [0.25, 0.3) is 0 Å². The predicted molar refractivity (Wildman–Crippen MR) is 94.6 cm³/mol. The second-order valence-electron chi connectivity index (χ2n) is 7.68. The van der Waals surface area contributed by atoms with Crippen LogP contribution < -0.4 is 4.74 Å². The Hall–Kier alpha value is -1.90. The lowest BCUT2D eigenvalue weighted by Gasteiger charge is -2.51. The number of terminal acetylenes is 2. The Kier molecular flexibility index (Phi) is 3.45. The average molecular weight is 320 g/mol. The van der Waals surface area contributed by atoms with E-state index in [9.17, 15) is 5.11 Å². The van der Waals surface area contributed by atoms with E-state index in [0.29, 0.717) is 24.2 Å². The Morgan fingerprint density at radius 2 is 2.00 bits per heavy atom. The molecule has 2 fully saturated rings. The Bertz CT molecular complexity index is 752. The molecule has 2 nitrogen and oxygen atoms in total. The number of aliphatic hydroxyl groups is 1. The summed E-state index contributed by atoms with van der Waals surface area (Å²) in [6.07, 6.45) is 17.3. The zero-order valence-corrected chi connectivity index (χ0v) is 14.2. The van der Waals surface area contributed by atoms with Crippen LogP contribution in [0.2, 0.25) is 0 Å². The summed E-state index contributed by atoms with van der Waals surface area (Å²) >= 11 is 0. The van der Waals surface area contributed by atoms with Crippen molar-refractivity contribution >= 4 is 0 Å². The molecule has 2 heteroatoms. The van der Waals surface area contributed by atoms with Gasteiger partial charge in [-0.15, -0.1) is 12.8 Å². The Morgan fingerprint density at radius 1 is 1.17 bits per heavy atom. The van der Waals surface area contributed by atoms with Gasteiger partial charge in [-0.3, -0.25) is 0 Å². The van der Waals surface area contributed by atoms with Gasteiger partial charge in [0.2, 0.25) is 0 Å². The van der Waals surface area contributed by atoms with Crippen molar-refractivity contribution in [3.8, 4) is 30.4 Å². The first-order valence-electron chi connectivity index (χ1n) is 8.93. The number of ether oxygens (including phenoxy) is 1. The van der Waals surface area contributed by atoms with E-state index in [1.165, 1.54) is 11.1 Å². The van der Waals surface area contributed by atoms with Crippen LogP contribution in [0.1, 0.15) is 49.1 Å². The van der Waals surface area contributed by atoms with Gasteiger partial charge in [-0.1, -0.05) is 17.9 Å². The minimum Gasteiger partial charge on any atom is -0.497 e. The summed E-state index contributed by atoms with van der Waals surface area (Å²) in [5, 5.41) is 11.0. The van der Waals surface area contributed by atoms with Crippen LogP contribution in [-0.4, -0.2) is 17.8 Å². The fraction of sp³-hybridized carbons (Fsp3) is 0.545. The van der Waals surface area contributed by atoms with Gasteiger partial charge in [0.05, 0.1) is 12.5 Å². The zero-order valence-electron chi connectivity index (χ0n) is 14.2. The smallest absolute Gasteiger partial charge is 0.141 e. The molecule has 24 heavy (non-hydrogen) atoms. The van der Waals surface area contributed by atoms with Crippen LogP contribution in [0.15, 0.2) is 18.2 Å². The van der Waals surface area contributed by atoms with Crippen molar-refractivity contribution in [2.24, 2.45) is 17.3 Å². The highest BCUT2D eigenvalue weighted by atomic mass is 16.5. The second-order valence-corrected chi connectivity index (χ2v) is 7.68. The summed E-state index contributed by atoms with van der Waals surface area (Å²) < 4.78 is 5.38. The number of benzene rings is 1. The molecule has 2 saturated carbocycles. The normalized spacial score (nSPS) is 39.8. The minimum absolute atomic E-state index is 0.331. The van der Waals surface area contributed by atoms with Crippen molar-refractivity contribution < 1.29 is 9.84 Å². The van der Waals surface area contributed by atoms with Crippen molar-refractivity contribution in [2.75, 3.05) is 7.11 Å². The van der Waals surface area contributed by atoms with Crippen molar-refractivity contribution in [1.29, 1.82) is 0 Å². The van der Waals surface area contributed by atoms with Gasteiger partial charge in [0.1, 0.15) is 11.4 Å². The molecule has 0 amide bonds. The molecule has 0 aromatic heterocycles. The van der Waals surface area contributed by atoms with Crippen molar-refractivity contribution in [2.45, 2.75) is 50.0 Å². The third-order valence-electron chi connectivity index (χ3n) is 7.06. The van der Waals surface area contributed by atoms with Crippen LogP contribution >= 0.6 is 0 Å². The number of hydrogen-bond acceptors (Lipinski definition) is 2. The molecular formula is C22H24O2. The van der Waals surface area contributed by atoms with E-state index in [1.54, 1.807) is 7.11 Å². The van der Waals surface area contributed by atoms with E-state index in [0.717, 1.165) is 37.9 Å². The van der Waals surface area contributed by atoms with E-state index in [2.05, 4.69) is 30.0 Å². The highest BCUT2D eigenvalue weighted by Gasteiger charge is 2.63. The van der Waals surface area contributed by atoms with Gasteiger partial charge in [-0.2, -0.15) is 0 Å². The summed E-state index contributed by atoms with van der Waals surface area (Å²) in [6, 6.07) is 6.48. The molecule has 0 aliphatic heterocycles. The summed E-state index contributed by atoms with van der Waals surface area (Å²) in [5.41, 5.74) is 1.20. The molecule has 0 spiro atoms. The second kappa shape index (κ2) is 5.30. The van der Waals surface area contributed by atoms with Crippen LogP contribution in [0.3, 0.4) is 0 Å². The third-order valence-corrected chi connectivity index (χ3v) is 7.06. The highest BCUT2D eigenvalue weighted by Crippen LogP contribution is 2.64. The Labute approximate surface area is 144 Å². The molecule has 1 aromatic rings. The summed E-state index contributed by atoms with van der Waals surface area (Å²) in [6.45, 7) is 0. The summed E-state index contributed by atoms with van der Waals surface area (Å²) in [7, 11) is 1.72. The quantitative estimate of drug-likeness (QED) is 0.802. The van der Waals surface area contributed by atoms with E-state index in [4.69, 9.17) is 17.6 Å². The monoisotopic (exact) mass is 320 g/mol. The van der Waals surface area contributed by atoms with Crippen molar-refractivity contribution in [3.05, 3.63) is 29.3 Å². The maximum Gasteiger partial charge on any atom is 0.141 e. The van der Waals surface area contributed by atoms with Gasteiger partial charge in [-0.05, 0) is 79.5 Å². The lowest BCUT2D eigenvalue weighted by atomic mass is 9.53. The topological polar surface area (TPSA) is 29.5 Å². The first kappa shape index (κ1) is 15.6. The predicted octanol–water partition coefficient (Wildman–Crippen LogP) is 3.53. The highest BCUT2D eigenvalue weighted by molar-refractivity contribution is 5.42. The first-order valence-corrected chi connectivity index (χ1v) is 8.93. The molecule has 3 aliphatic rings. The van der Waals surface area contributed by atoms with Crippen LogP contribution in [0, 0.1) is 41.9 Å². The Morgan fingerprint density at radius 3 is 2.71 bits per heavy atom. The Balaban J connectivity index is 1.73. The van der Waals surface area contributed by atoms with Crippen LogP contribution in [0.25, 0.3) is 0 Å². The molecule has 0 bridgehead atoms. The van der Waals surface area contributed by atoms with Gasteiger partial charge < -0.3 is 9.84 Å². The number of fused-ring (bicyclic) bond motifs is 5. The molecule has 5 atom stereocenters. The molecule has 4 rings (SSSR count). The van der Waals surface area contributed by atoms with Crippen LogP contribution in [0.5, 0.6) is 5.75 Å². The average Bonchev–Trinajstić information content (AvgIpc) is 2.94. The number of aryl methyl sites for hydroxylation is 1. The van der Waals surface area contributed by atoms with Gasteiger partial charge in [0.15, 0.2) is 0 Å². The third kappa shape index (κ3) is 1.84. The molecule has 1 N–H and O–H groups in total. The number of rotatable bonds is 1. The van der Waals surface area contributed by atoms with E-state index < -0.39 is 11.0 Å². The van der Waals surface area contributed by atoms with Crippen LogP contribution in [-0.2, 0) is 6.42 Å². The van der Waals surface area contributed by atoms with Crippen LogP contribution in [0.4, 0.5) is 0 Å². The number of methoxy groups -OCH3 is 1. The molecule has 0 saturated heterocycles. The zero-order chi connectivity index (χ0) is 16.9. The van der Waals surface area contributed by atoms with Gasteiger partial charge in [-0.25, -0.2) is 0 Å². The van der Waals surface area contributed by atoms with Crippen molar-refractivity contribution in [1.82, 2.24) is 0 Å². The summed E-state index contributed by atoms with van der Waals surface area (Å²) in [5.74, 6) is 7.97. The molecule has 3 aliphatic carbocycles. The lowest BCUT2D eigenvalue weighted by molar-refractivity contribution is -0.0372. The van der Waals surface area contributed by atoms with E-state index >= 15 is 0 Å². The maximum atomic E-state index is 11.0. The fourth-order valence-electron chi connectivity index (χ4n) is 5.89. The van der Waals surface area contributed by atoms with E-state index in [1.807, 2.05) is 0 Å². The molecule has 1 unspecified atom stereocenters. The lowest BCUT2D eigenvalue weighted by Crippen LogP contribution is -2.51. The van der Waals surface area contributed by atoms with Gasteiger partial charge in [0, 0.05) is 0 Å². The molecule has 0 radical (unpaired) electrons. The van der Waals surface area contributed by atoms with E-state index in [-0.39, 0.29) is 0 Å². The van der Waals surface area contributed by atoms with Crippen molar-refractivity contribution in [3.63, 3.8) is 0 Å². The molecule has 1 aromatic carbocycles. The summed E-state index contributed by atoms with van der Waals surface area (Å²) in [4.78, 5) is 0. The van der Waals surface area contributed by atoms with Gasteiger partial charge >= 0.3 is 0 Å². The largest absolute Gasteiger partial charge is 0.497 e. The molecular weight excluding hydrogens is 296 g/mol. The minimum atomic E-state index is -1.13. The fourth-order valence-corrected chi connectivity index (χ4v) is 5.89. The standard InChI is InChI=1S/C22H24O2/c1-4-21-12-10-18-17-9-7-16(24-3)14-15(17)6-8-19(18)20(21)11-13-22(21,23)5-2/h1-2,7,9,14,18-20,23H,6,8,10-13H2,3H3/t18-,19-,20+,21?,22+/m1/s1. The SMILES string of the molecule is C#CC12CC[C@@H]3c4ccc(OC)cc4CC[C@H]3[C@@H]1CC[C@@]2(O)C#C. The maximum absolute atomic E-state index is 11.0. The molecule has 0 heterocycles. The number of hydrogen-bond donors (Lipinski definition) is 1. The molecule has 124 valence electrons. The first-order chi connectivity index (χ1) is 11.6.